The van der Waals surface area contributed by atoms with Crippen LogP contribution in [0.3, 0.4) is 0 Å². The van der Waals surface area contributed by atoms with Gasteiger partial charge in [-0.15, -0.1) is 11.3 Å². The van der Waals surface area contributed by atoms with Gasteiger partial charge in [0.25, 0.3) is 0 Å². The molecule has 1 aromatic carbocycles. The molecular weight excluding hydrogens is 270 g/mol. The topological polar surface area (TPSA) is 34.1 Å². The summed E-state index contributed by atoms with van der Waals surface area (Å²) in [5.41, 5.74) is 0.554. The van der Waals surface area contributed by atoms with Gasteiger partial charge in [-0.1, -0.05) is 6.92 Å². The molecule has 2 rings (SSSR count). The first-order chi connectivity index (χ1) is 9.20. The first kappa shape index (κ1) is 13.9. The van der Waals surface area contributed by atoms with E-state index in [1.165, 1.54) is 23.5 Å². The Morgan fingerprint density at radius 3 is 2.63 bits per heavy atom. The number of benzene rings is 1. The summed E-state index contributed by atoms with van der Waals surface area (Å²) < 4.78 is 32.7. The first-order valence-corrected chi connectivity index (χ1v) is 6.78. The van der Waals surface area contributed by atoms with Crippen molar-refractivity contribution in [2.75, 3.05) is 6.54 Å². The molecule has 0 atom stereocenters. The molecule has 6 heteroatoms. The molecule has 3 nitrogen and oxygen atoms in total. The van der Waals surface area contributed by atoms with E-state index in [1.807, 2.05) is 6.92 Å². The molecule has 2 aromatic rings. The van der Waals surface area contributed by atoms with Crippen LogP contribution in [0.15, 0.2) is 23.7 Å². The highest BCUT2D eigenvalue weighted by atomic mass is 32.1. The van der Waals surface area contributed by atoms with Gasteiger partial charge in [0.2, 0.25) is 0 Å². The Morgan fingerprint density at radius 1 is 1.32 bits per heavy atom. The van der Waals surface area contributed by atoms with Crippen LogP contribution in [0.25, 0.3) is 0 Å². The van der Waals surface area contributed by atoms with Crippen molar-refractivity contribution < 1.29 is 13.5 Å². The number of rotatable bonds is 6. The monoisotopic (exact) mass is 284 g/mol. The quantitative estimate of drug-likeness (QED) is 0.885. The zero-order chi connectivity index (χ0) is 13.7. The van der Waals surface area contributed by atoms with E-state index in [-0.39, 0.29) is 12.4 Å². The molecule has 0 saturated carbocycles. The normalized spacial score (nSPS) is 10.7. The van der Waals surface area contributed by atoms with Crippen molar-refractivity contribution in [3.8, 4) is 5.75 Å². The van der Waals surface area contributed by atoms with Crippen LogP contribution >= 0.6 is 11.3 Å². The second kappa shape index (κ2) is 6.58. The summed E-state index contributed by atoms with van der Waals surface area (Å²) in [6.45, 7) is 3.17. The molecule has 1 heterocycles. The second-order valence-corrected chi connectivity index (χ2v) is 4.86. The number of thiazole rings is 1. The van der Waals surface area contributed by atoms with E-state index in [1.54, 1.807) is 11.6 Å². The van der Waals surface area contributed by atoms with Gasteiger partial charge in [0.15, 0.2) is 17.4 Å². The molecule has 1 N–H and O–H groups in total. The molecule has 0 spiro atoms. The fraction of sp³-hybridized carbons (Fsp3) is 0.308. The zero-order valence-electron chi connectivity index (χ0n) is 10.5. The van der Waals surface area contributed by atoms with Crippen LogP contribution in [-0.4, -0.2) is 11.5 Å². The van der Waals surface area contributed by atoms with Gasteiger partial charge in [0.05, 0.1) is 0 Å². The Kier molecular flexibility index (Phi) is 4.81. The minimum absolute atomic E-state index is 0.0675. The maximum absolute atomic E-state index is 13.8. The zero-order valence-corrected chi connectivity index (χ0v) is 11.3. The van der Waals surface area contributed by atoms with Crippen LogP contribution in [0.4, 0.5) is 8.78 Å². The maximum atomic E-state index is 13.8. The highest BCUT2D eigenvalue weighted by Gasteiger charge is 2.13. The van der Waals surface area contributed by atoms with Gasteiger partial charge in [0, 0.05) is 18.1 Å². The van der Waals surface area contributed by atoms with Crippen molar-refractivity contribution >= 4 is 11.3 Å². The third-order valence-corrected chi connectivity index (χ3v) is 3.21. The van der Waals surface area contributed by atoms with E-state index >= 15 is 0 Å². The lowest BCUT2D eigenvalue weighted by molar-refractivity contribution is 0.273. The summed E-state index contributed by atoms with van der Waals surface area (Å²) in [7, 11) is 0. The minimum atomic E-state index is -0.690. The number of aromatic nitrogens is 1. The molecule has 0 aliphatic carbocycles. The molecule has 0 radical (unpaired) electrons. The number of ether oxygens (including phenoxy) is 1. The van der Waals surface area contributed by atoms with Crippen molar-refractivity contribution in [3.05, 3.63) is 45.9 Å². The lowest BCUT2D eigenvalue weighted by atomic mass is 10.2. The second-order valence-electron chi connectivity index (χ2n) is 3.88. The Balaban J connectivity index is 2.08. The summed E-state index contributed by atoms with van der Waals surface area (Å²) >= 11 is 1.38. The van der Waals surface area contributed by atoms with Gasteiger partial charge in [-0.25, -0.2) is 13.8 Å². The third-order valence-electron chi connectivity index (χ3n) is 2.46. The highest BCUT2D eigenvalue weighted by Crippen LogP contribution is 2.24. The van der Waals surface area contributed by atoms with Gasteiger partial charge in [-0.3, -0.25) is 0 Å². The molecule has 0 fully saturated rings. The molecule has 0 saturated heterocycles. The molecule has 0 bridgehead atoms. The van der Waals surface area contributed by atoms with E-state index in [0.717, 1.165) is 6.54 Å². The fourth-order valence-electron chi connectivity index (χ4n) is 1.58. The lowest BCUT2D eigenvalue weighted by Crippen LogP contribution is -2.12. The lowest BCUT2D eigenvalue weighted by Gasteiger charge is -2.09. The molecule has 1 aromatic heterocycles. The maximum Gasteiger partial charge on any atom is 0.191 e. The summed E-state index contributed by atoms with van der Waals surface area (Å²) in [5, 5.41) is 5.47. The molecule has 19 heavy (non-hydrogen) atoms. The van der Waals surface area contributed by atoms with E-state index in [0.29, 0.717) is 17.1 Å². The average Bonchev–Trinajstić information content (AvgIpc) is 2.88. The number of hydrogen-bond acceptors (Lipinski definition) is 4. The van der Waals surface area contributed by atoms with Crippen molar-refractivity contribution in [3.63, 3.8) is 0 Å². The van der Waals surface area contributed by atoms with Crippen LogP contribution < -0.4 is 10.1 Å². The summed E-state index contributed by atoms with van der Waals surface area (Å²) in [6.07, 6.45) is 1.62. The largest absolute Gasteiger partial charge is 0.480 e. The first-order valence-electron chi connectivity index (χ1n) is 5.90. The third kappa shape index (κ3) is 3.71. The molecule has 102 valence electrons. The van der Waals surface area contributed by atoms with E-state index in [2.05, 4.69) is 10.3 Å². The van der Waals surface area contributed by atoms with Crippen LogP contribution in [-0.2, 0) is 13.2 Å². The predicted molar refractivity (Wildman–Crippen MR) is 70.2 cm³/mol. The van der Waals surface area contributed by atoms with Gasteiger partial charge >= 0.3 is 0 Å². The predicted octanol–water partition coefficient (Wildman–Crippen LogP) is 3.11. The van der Waals surface area contributed by atoms with Gasteiger partial charge < -0.3 is 10.1 Å². The summed E-state index contributed by atoms with van der Waals surface area (Å²) in [6, 6.07) is 2.56. The Hall–Kier alpha value is -1.53. The van der Waals surface area contributed by atoms with E-state index < -0.39 is 11.6 Å². The van der Waals surface area contributed by atoms with Crippen LogP contribution in [0.5, 0.6) is 5.75 Å². The minimum Gasteiger partial charge on any atom is -0.480 e. The van der Waals surface area contributed by atoms with Gasteiger partial charge in [0.1, 0.15) is 11.6 Å². The SMILES string of the molecule is CCNCc1cc(F)c(OCc2nccs2)c(F)c1. The molecular formula is C13H14F2N2OS. The molecule has 0 unspecified atom stereocenters. The standard InChI is InChI=1S/C13H14F2N2OS/c1-2-16-7-9-5-10(14)13(11(15)6-9)18-8-12-17-3-4-19-12/h3-6,16H,2,7-8H2,1H3. The van der Waals surface area contributed by atoms with E-state index in [4.69, 9.17) is 4.74 Å². The van der Waals surface area contributed by atoms with Crippen molar-refractivity contribution in [2.45, 2.75) is 20.1 Å². The molecule has 0 amide bonds. The highest BCUT2D eigenvalue weighted by molar-refractivity contribution is 7.09. The van der Waals surface area contributed by atoms with Crippen LogP contribution in [0, 0.1) is 11.6 Å². The van der Waals surface area contributed by atoms with Crippen LogP contribution in [0.2, 0.25) is 0 Å². The Labute approximate surface area is 114 Å². The number of hydrogen-bond donors (Lipinski definition) is 1. The fourth-order valence-corrected chi connectivity index (χ4v) is 2.11. The van der Waals surface area contributed by atoms with Crippen molar-refractivity contribution in [1.82, 2.24) is 10.3 Å². The smallest absolute Gasteiger partial charge is 0.191 e. The number of nitrogens with one attached hydrogen (secondary N) is 1. The number of nitrogens with zero attached hydrogens (tertiary/aromatic N) is 1. The Bertz CT molecular complexity index is 508. The molecule has 0 aliphatic heterocycles. The van der Waals surface area contributed by atoms with Crippen LogP contribution in [0.1, 0.15) is 17.5 Å². The molecule has 0 aliphatic rings. The summed E-state index contributed by atoms with van der Waals surface area (Å²) in [5.74, 6) is -1.73. The van der Waals surface area contributed by atoms with Crippen molar-refractivity contribution in [1.29, 1.82) is 0 Å². The number of halogens is 2. The average molecular weight is 284 g/mol. The Morgan fingerprint density at radius 2 is 2.05 bits per heavy atom. The van der Waals surface area contributed by atoms with Gasteiger partial charge in [-0.05, 0) is 24.2 Å². The van der Waals surface area contributed by atoms with Crippen molar-refractivity contribution in [2.24, 2.45) is 0 Å². The van der Waals surface area contributed by atoms with Gasteiger partial charge in [-0.2, -0.15) is 0 Å². The van der Waals surface area contributed by atoms with E-state index in [9.17, 15) is 8.78 Å². The summed E-state index contributed by atoms with van der Waals surface area (Å²) in [4.78, 5) is 3.99.